The van der Waals surface area contributed by atoms with E-state index in [1.165, 1.54) is 8.61 Å². The van der Waals surface area contributed by atoms with Crippen LogP contribution in [0.5, 0.6) is 0 Å². The van der Waals surface area contributed by atoms with Crippen molar-refractivity contribution in [2.45, 2.75) is 39.7 Å². The zero-order valence-electron chi connectivity index (χ0n) is 11.7. The van der Waals surface area contributed by atoms with E-state index in [2.05, 4.69) is 0 Å². The lowest BCUT2D eigenvalue weighted by atomic mass is 10.0. The fraction of sp³-hybridized carbons (Fsp3) is 1.00. The van der Waals surface area contributed by atoms with Crippen LogP contribution in [-0.2, 0) is 10.2 Å². The maximum Gasteiger partial charge on any atom is 0.281 e. The molecule has 0 aromatic carbocycles. The highest BCUT2D eigenvalue weighted by Crippen LogP contribution is 2.08. The zero-order chi connectivity index (χ0) is 13.6. The molecule has 0 heterocycles. The average molecular weight is 265 g/mol. The molecule has 0 aromatic rings. The molecule has 0 amide bonds. The molecule has 0 fully saturated rings. The molecule has 0 bridgehead atoms. The maximum atomic E-state index is 12.0. The van der Waals surface area contributed by atoms with E-state index in [9.17, 15) is 8.42 Å². The van der Waals surface area contributed by atoms with Crippen molar-refractivity contribution in [1.29, 1.82) is 0 Å². The quantitative estimate of drug-likeness (QED) is 0.708. The minimum Gasteiger partial charge on any atom is -0.327 e. The van der Waals surface area contributed by atoms with E-state index in [0.717, 1.165) is 6.42 Å². The van der Waals surface area contributed by atoms with Crippen LogP contribution in [0.3, 0.4) is 0 Å². The van der Waals surface area contributed by atoms with E-state index >= 15 is 0 Å². The van der Waals surface area contributed by atoms with Gasteiger partial charge in [-0.15, -0.1) is 0 Å². The van der Waals surface area contributed by atoms with Crippen LogP contribution in [-0.4, -0.2) is 50.3 Å². The molecule has 0 rings (SSSR count). The molecule has 0 aliphatic rings. The lowest BCUT2D eigenvalue weighted by Gasteiger charge is -2.25. The molecule has 104 valence electrons. The van der Waals surface area contributed by atoms with Gasteiger partial charge in [0.1, 0.15) is 0 Å². The van der Waals surface area contributed by atoms with Crippen LogP contribution in [0, 0.1) is 5.92 Å². The van der Waals surface area contributed by atoms with Crippen LogP contribution in [0.15, 0.2) is 0 Å². The first-order valence-electron chi connectivity index (χ1n) is 6.16. The molecular weight excluding hydrogens is 238 g/mol. The molecule has 5 nitrogen and oxygen atoms in total. The highest BCUT2D eigenvalue weighted by atomic mass is 32.2. The minimum absolute atomic E-state index is 0.0455. The standard InChI is InChI=1S/C11H27N3O2S/c1-6-8-13(4)17(15,16)14(5)9-7-11(12)10(2)3/h10-11H,6-9,12H2,1-5H3. The third-order valence-corrected chi connectivity index (χ3v) is 4.90. The third-order valence-electron chi connectivity index (χ3n) is 2.96. The van der Waals surface area contributed by atoms with Crippen molar-refractivity contribution in [2.75, 3.05) is 27.2 Å². The lowest BCUT2D eigenvalue weighted by molar-refractivity contribution is 0.363. The summed E-state index contributed by atoms with van der Waals surface area (Å²) < 4.78 is 26.8. The number of hydrogen-bond acceptors (Lipinski definition) is 3. The molecule has 0 aliphatic heterocycles. The van der Waals surface area contributed by atoms with Crippen molar-refractivity contribution in [2.24, 2.45) is 11.7 Å². The Morgan fingerprint density at radius 3 is 2.00 bits per heavy atom. The summed E-state index contributed by atoms with van der Waals surface area (Å²) in [6.07, 6.45) is 1.50. The second kappa shape index (κ2) is 7.31. The smallest absolute Gasteiger partial charge is 0.281 e. The van der Waals surface area contributed by atoms with Gasteiger partial charge in [-0.1, -0.05) is 20.8 Å². The Bertz CT molecular complexity index is 304. The van der Waals surface area contributed by atoms with Gasteiger partial charge in [-0.05, 0) is 18.8 Å². The monoisotopic (exact) mass is 265 g/mol. The van der Waals surface area contributed by atoms with Crippen molar-refractivity contribution < 1.29 is 8.42 Å². The Hall–Kier alpha value is -0.170. The fourth-order valence-corrected chi connectivity index (χ4v) is 2.67. The average Bonchev–Trinajstić information content (AvgIpc) is 2.25. The van der Waals surface area contributed by atoms with Crippen LogP contribution < -0.4 is 5.73 Å². The summed E-state index contributed by atoms with van der Waals surface area (Å²) in [5.41, 5.74) is 5.91. The highest BCUT2D eigenvalue weighted by Gasteiger charge is 2.23. The summed E-state index contributed by atoms with van der Waals surface area (Å²) in [5.74, 6) is 0.375. The molecule has 2 N–H and O–H groups in total. The molecule has 6 heteroatoms. The molecule has 1 unspecified atom stereocenters. The molecular formula is C11H27N3O2S. The summed E-state index contributed by atoms with van der Waals surface area (Å²) in [6, 6.07) is 0.0455. The van der Waals surface area contributed by atoms with Gasteiger partial charge in [-0.25, -0.2) is 0 Å². The molecule has 0 spiro atoms. The Labute approximate surface area is 106 Å². The Morgan fingerprint density at radius 1 is 1.12 bits per heavy atom. The topological polar surface area (TPSA) is 66.6 Å². The second-order valence-electron chi connectivity index (χ2n) is 4.85. The lowest BCUT2D eigenvalue weighted by Crippen LogP contribution is -2.42. The summed E-state index contributed by atoms with van der Waals surface area (Å²) in [7, 11) is -0.0969. The van der Waals surface area contributed by atoms with Crippen LogP contribution >= 0.6 is 0 Å². The summed E-state index contributed by atoms with van der Waals surface area (Å²) >= 11 is 0. The largest absolute Gasteiger partial charge is 0.327 e. The fourth-order valence-electron chi connectivity index (χ4n) is 1.45. The van der Waals surface area contributed by atoms with E-state index in [-0.39, 0.29) is 6.04 Å². The van der Waals surface area contributed by atoms with Crippen molar-refractivity contribution >= 4 is 10.2 Å². The van der Waals surface area contributed by atoms with Gasteiger partial charge < -0.3 is 5.73 Å². The first-order chi connectivity index (χ1) is 7.73. The van der Waals surface area contributed by atoms with Gasteiger partial charge in [0, 0.05) is 33.2 Å². The van der Waals surface area contributed by atoms with Gasteiger partial charge in [0.2, 0.25) is 0 Å². The molecule has 0 saturated heterocycles. The predicted octanol–water partition coefficient (Wildman–Crippen LogP) is 0.878. The van der Waals surface area contributed by atoms with E-state index in [1.807, 2.05) is 20.8 Å². The Morgan fingerprint density at radius 2 is 1.59 bits per heavy atom. The van der Waals surface area contributed by atoms with Crippen LogP contribution in [0.1, 0.15) is 33.6 Å². The van der Waals surface area contributed by atoms with Gasteiger partial charge in [-0.3, -0.25) is 0 Å². The maximum absolute atomic E-state index is 12.0. The van der Waals surface area contributed by atoms with Crippen molar-refractivity contribution in [3.63, 3.8) is 0 Å². The molecule has 0 radical (unpaired) electrons. The van der Waals surface area contributed by atoms with Crippen LogP contribution in [0.4, 0.5) is 0 Å². The van der Waals surface area contributed by atoms with Crippen LogP contribution in [0.25, 0.3) is 0 Å². The first-order valence-corrected chi connectivity index (χ1v) is 7.56. The van der Waals surface area contributed by atoms with Gasteiger partial charge in [0.05, 0.1) is 0 Å². The molecule has 0 saturated carbocycles. The molecule has 1 atom stereocenters. The SMILES string of the molecule is CCCN(C)S(=O)(=O)N(C)CCC(N)C(C)C. The van der Waals surface area contributed by atoms with Gasteiger partial charge in [0.25, 0.3) is 10.2 Å². The second-order valence-corrected chi connectivity index (χ2v) is 6.99. The van der Waals surface area contributed by atoms with Gasteiger partial charge in [0.15, 0.2) is 0 Å². The van der Waals surface area contributed by atoms with E-state index < -0.39 is 10.2 Å². The van der Waals surface area contributed by atoms with Crippen molar-refractivity contribution in [3.8, 4) is 0 Å². The number of nitrogens with two attached hydrogens (primary N) is 1. The molecule has 17 heavy (non-hydrogen) atoms. The summed E-state index contributed by atoms with van der Waals surface area (Å²) in [4.78, 5) is 0. The normalized spacial score (nSPS) is 14.9. The summed E-state index contributed by atoms with van der Waals surface area (Å²) in [6.45, 7) is 7.06. The Kier molecular flexibility index (Phi) is 7.23. The van der Waals surface area contributed by atoms with Crippen molar-refractivity contribution in [1.82, 2.24) is 8.61 Å². The van der Waals surface area contributed by atoms with Crippen molar-refractivity contribution in [3.05, 3.63) is 0 Å². The Balaban J connectivity index is 4.35. The third kappa shape index (κ3) is 5.33. The van der Waals surface area contributed by atoms with Gasteiger partial charge >= 0.3 is 0 Å². The van der Waals surface area contributed by atoms with Crippen LogP contribution in [0.2, 0.25) is 0 Å². The highest BCUT2D eigenvalue weighted by molar-refractivity contribution is 7.86. The zero-order valence-corrected chi connectivity index (χ0v) is 12.5. The molecule has 0 aromatic heterocycles. The van der Waals surface area contributed by atoms with E-state index in [0.29, 0.717) is 25.4 Å². The summed E-state index contributed by atoms with van der Waals surface area (Å²) in [5, 5.41) is 0. The number of hydrogen-bond donors (Lipinski definition) is 1. The van der Waals surface area contributed by atoms with E-state index in [1.54, 1.807) is 14.1 Å². The number of rotatable bonds is 8. The molecule has 0 aliphatic carbocycles. The van der Waals surface area contributed by atoms with Gasteiger partial charge in [-0.2, -0.15) is 17.0 Å². The predicted molar refractivity (Wildman–Crippen MR) is 71.9 cm³/mol. The van der Waals surface area contributed by atoms with E-state index in [4.69, 9.17) is 5.73 Å². The minimum atomic E-state index is -3.31. The number of nitrogens with zero attached hydrogens (tertiary/aromatic N) is 2. The first kappa shape index (κ1) is 16.8.